The first-order valence-corrected chi connectivity index (χ1v) is 8.08. The van der Waals surface area contributed by atoms with E-state index in [1.165, 1.54) is 7.11 Å². The molecule has 2 N–H and O–H groups in total. The van der Waals surface area contributed by atoms with E-state index in [4.69, 9.17) is 9.47 Å². The van der Waals surface area contributed by atoms with Gasteiger partial charge in [-0.15, -0.1) is 0 Å². The molecule has 132 valence electrons. The summed E-state index contributed by atoms with van der Waals surface area (Å²) < 4.78 is 10.6. The molecule has 0 saturated heterocycles. The van der Waals surface area contributed by atoms with Gasteiger partial charge in [-0.1, -0.05) is 19.1 Å². The molecule has 2 aromatic rings. The third-order valence-corrected chi connectivity index (χ3v) is 3.41. The van der Waals surface area contributed by atoms with Crippen LogP contribution in [0.25, 0.3) is 0 Å². The molecule has 2 amide bonds. The second-order valence-electron chi connectivity index (χ2n) is 5.32. The molecular formula is C19H22N2O4. The number of nitrogens with one attached hydrogen (secondary N) is 2. The van der Waals surface area contributed by atoms with Gasteiger partial charge in [-0.05, 0) is 42.8 Å². The SMILES string of the molecule is CCCNC(=O)COc1ccc(NC(=O)c2ccccc2OC)cc1. The van der Waals surface area contributed by atoms with Crippen molar-refractivity contribution in [2.75, 3.05) is 25.6 Å². The van der Waals surface area contributed by atoms with Gasteiger partial charge in [0.1, 0.15) is 11.5 Å². The largest absolute Gasteiger partial charge is 0.496 e. The highest BCUT2D eigenvalue weighted by Crippen LogP contribution is 2.20. The van der Waals surface area contributed by atoms with Crippen LogP contribution in [0.3, 0.4) is 0 Å². The minimum atomic E-state index is -0.259. The number of anilines is 1. The van der Waals surface area contributed by atoms with Crippen molar-refractivity contribution in [3.63, 3.8) is 0 Å². The van der Waals surface area contributed by atoms with Gasteiger partial charge < -0.3 is 20.1 Å². The number of amides is 2. The molecule has 0 aromatic heterocycles. The Balaban J connectivity index is 1.91. The number of carbonyl (C=O) groups is 2. The summed E-state index contributed by atoms with van der Waals surface area (Å²) in [5.74, 6) is 0.653. The van der Waals surface area contributed by atoms with Crippen molar-refractivity contribution in [2.24, 2.45) is 0 Å². The van der Waals surface area contributed by atoms with Gasteiger partial charge in [0.25, 0.3) is 11.8 Å². The molecule has 0 saturated carbocycles. The molecule has 0 radical (unpaired) electrons. The van der Waals surface area contributed by atoms with Gasteiger partial charge in [-0.3, -0.25) is 9.59 Å². The van der Waals surface area contributed by atoms with Crippen molar-refractivity contribution in [1.29, 1.82) is 0 Å². The summed E-state index contributed by atoms with van der Waals surface area (Å²) >= 11 is 0. The summed E-state index contributed by atoms with van der Waals surface area (Å²) in [6.07, 6.45) is 0.881. The van der Waals surface area contributed by atoms with E-state index in [1.54, 1.807) is 48.5 Å². The molecule has 0 aliphatic carbocycles. The van der Waals surface area contributed by atoms with Crippen molar-refractivity contribution in [1.82, 2.24) is 5.32 Å². The zero-order chi connectivity index (χ0) is 18.1. The van der Waals surface area contributed by atoms with Crippen molar-refractivity contribution in [2.45, 2.75) is 13.3 Å². The average molecular weight is 342 g/mol. The molecule has 0 unspecified atom stereocenters. The predicted octanol–water partition coefficient (Wildman–Crippen LogP) is 2.85. The van der Waals surface area contributed by atoms with Gasteiger partial charge in [0.05, 0.1) is 12.7 Å². The van der Waals surface area contributed by atoms with Crippen LogP contribution >= 0.6 is 0 Å². The number of hydrogen-bond acceptors (Lipinski definition) is 4. The number of para-hydroxylation sites is 1. The Morgan fingerprint density at radius 1 is 1.04 bits per heavy atom. The molecule has 0 aliphatic heterocycles. The first-order chi connectivity index (χ1) is 12.1. The molecule has 0 spiro atoms. The van der Waals surface area contributed by atoms with Gasteiger partial charge in [-0.25, -0.2) is 0 Å². The summed E-state index contributed by atoms with van der Waals surface area (Å²) in [6, 6.07) is 13.8. The summed E-state index contributed by atoms with van der Waals surface area (Å²) in [5.41, 5.74) is 1.08. The quantitative estimate of drug-likeness (QED) is 0.773. The van der Waals surface area contributed by atoms with Crippen molar-refractivity contribution in [3.8, 4) is 11.5 Å². The lowest BCUT2D eigenvalue weighted by Crippen LogP contribution is -2.29. The summed E-state index contributed by atoms with van der Waals surface area (Å²) in [4.78, 5) is 23.8. The van der Waals surface area contributed by atoms with Gasteiger partial charge in [0, 0.05) is 12.2 Å². The Kier molecular flexibility index (Phi) is 6.83. The number of carbonyl (C=O) groups excluding carboxylic acids is 2. The van der Waals surface area contributed by atoms with E-state index < -0.39 is 0 Å². The standard InChI is InChI=1S/C19H22N2O4/c1-3-12-20-18(22)13-25-15-10-8-14(9-11-15)21-19(23)16-6-4-5-7-17(16)24-2/h4-11H,3,12-13H2,1-2H3,(H,20,22)(H,21,23). The fourth-order valence-electron chi connectivity index (χ4n) is 2.13. The fourth-order valence-corrected chi connectivity index (χ4v) is 2.13. The molecule has 0 heterocycles. The van der Waals surface area contributed by atoms with Crippen LogP contribution in [-0.4, -0.2) is 32.1 Å². The lowest BCUT2D eigenvalue weighted by Gasteiger charge is -2.10. The van der Waals surface area contributed by atoms with Gasteiger partial charge in [0.15, 0.2) is 6.61 Å². The van der Waals surface area contributed by atoms with Crippen molar-refractivity contribution in [3.05, 3.63) is 54.1 Å². The highest BCUT2D eigenvalue weighted by atomic mass is 16.5. The van der Waals surface area contributed by atoms with E-state index in [1.807, 2.05) is 6.92 Å². The molecule has 6 heteroatoms. The Labute approximate surface area is 147 Å². The van der Waals surface area contributed by atoms with Crippen LogP contribution in [0.2, 0.25) is 0 Å². The van der Waals surface area contributed by atoms with E-state index in [-0.39, 0.29) is 18.4 Å². The Morgan fingerprint density at radius 2 is 1.76 bits per heavy atom. The number of methoxy groups -OCH3 is 1. The van der Waals surface area contributed by atoms with Crippen LogP contribution < -0.4 is 20.1 Å². The molecule has 25 heavy (non-hydrogen) atoms. The van der Waals surface area contributed by atoms with E-state index in [2.05, 4.69) is 10.6 Å². The fraction of sp³-hybridized carbons (Fsp3) is 0.263. The second-order valence-corrected chi connectivity index (χ2v) is 5.32. The second kappa shape index (κ2) is 9.32. The third kappa shape index (κ3) is 5.53. The molecule has 0 fully saturated rings. The van der Waals surface area contributed by atoms with E-state index in [9.17, 15) is 9.59 Å². The first-order valence-electron chi connectivity index (χ1n) is 8.08. The average Bonchev–Trinajstić information content (AvgIpc) is 2.65. The highest BCUT2D eigenvalue weighted by Gasteiger charge is 2.11. The van der Waals surface area contributed by atoms with Gasteiger partial charge in [-0.2, -0.15) is 0 Å². The summed E-state index contributed by atoms with van der Waals surface area (Å²) in [6.45, 7) is 2.59. The normalized spacial score (nSPS) is 10.0. The molecule has 2 aromatic carbocycles. The topological polar surface area (TPSA) is 76.7 Å². The van der Waals surface area contributed by atoms with E-state index in [0.717, 1.165) is 6.42 Å². The lowest BCUT2D eigenvalue weighted by atomic mass is 10.2. The zero-order valence-corrected chi connectivity index (χ0v) is 14.4. The lowest BCUT2D eigenvalue weighted by molar-refractivity contribution is -0.123. The molecule has 2 rings (SSSR count). The van der Waals surface area contributed by atoms with Gasteiger partial charge in [0.2, 0.25) is 0 Å². The molecule has 0 aliphatic rings. The number of hydrogen-bond donors (Lipinski definition) is 2. The van der Waals surface area contributed by atoms with E-state index >= 15 is 0 Å². The molecule has 0 atom stereocenters. The monoisotopic (exact) mass is 342 g/mol. The minimum Gasteiger partial charge on any atom is -0.496 e. The van der Waals surface area contributed by atoms with E-state index in [0.29, 0.717) is 29.3 Å². The number of ether oxygens (including phenoxy) is 2. The highest BCUT2D eigenvalue weighted by molar-refractivity contribution is 6.06. The van der Waals surface area contributed by atoms with Crippen LogP contribution in [0.5, 0.6) is 11.5 Å². The Bertz CT molecular complexity index is 714. The zero-order valence-electron chi connectivity index (χ0n) is 14.4. The summed E-state index contributed by atoms with van der Waals surface area (Å²) in [7, 11) is 1.52. The Morgan fingerprint density at radius 3 is 2.44 bits per heavy atom. The van der Waals surface area contributed by atoms with Crippen LogP contribution in [0.15, 0.2) is 48.5 Å². The predicted molar refractivity (Wildman–Crippen MR) is 96.2 cm³/mol. The smallest absolute Gasteiger partial charge is 0.259 e. The van der Waals surface area contributed by atoms with Crippen LogP contribution in [0, 0.1) is 0 Å². The molecule has 6 nitrogen and oxygen atoms in total. The maximum atomic E-state index is 12.3. The van der Waals surface area contributed by atoms with Crippen LogP contribution in [0.4, 0.5) is 5.69 Å². The number of rotatable bonds is 8. The van der Waals surface area contributed by atoms with Crippen LogP contribution in [0.1, 0.15) is 23.7 Å². The maximum Gasteiger partial charge on any atom is 0.259 e. The van der Waals surface area contributed by atoms with Gasteiger partial charge >= 0.3 is 0 Å². The Hall–Kier alpha value is -3.02. The molecule has 0 bridgehead atoms. The minimum absolute atomic E-state index is 0.0348. The van der Waals surface area contributed by atoms with Crippen molar-refractivity contribution < 1.29 is 19.1 Å². The van der Waals surface area contributed by atoms with Crippen molar-refractivity contribution >= 4 is 17.5 Å². The summed E-state index contributed by atoms with van der Waals surface area (Å²) in [5, 5.41) is 5.54. The number of benzene rings is 2. The van der Waals surface area contributed by atoms with Crippen LogP contribution in [-0.2, 0) is 4.79 Å². The molecular weight excluding hydrogens is 320 g/mol. The maximum absolute atomic E-state index is 12.3. The first kappa shape index (κ1) is 18.3. The third-order valence-electron chi connectivity index (χ3n) is 3.41.